The summed E-state index contributed by atoms with van der Waals surface area (Å²) in [6, 6.07) is 12.4. The second-order valence-corrected chi connectivity index (χ2v) is 5.74. The van der Waals surface area contributed by atoms with Gasteiger partial charge in [-0.3, -0.25) is 0 Å². The Morgan fingerprint density at radius 1 is 1.04 bits per heavy atom. The summed E-state index contributed by atoms with van der Waals surface area (Å²) in [5, 5.41) is 19.0. The van der Waals surface area contributed by atoms with Crippen LogP contribution < -0.4 is 0 Å². The quantitative estimate of drug-likeness (QED) is 0.720. The number of carbonyl (C=O) groups is 1. The summed E-state index contributed by atoms with van der Waals surface area (Å²) in [5.41, 5.74) is 0.577. The second-order valence-electron chi connectivity index (χ2n) is 5.74. The first-order valence-electron chi connectivity index (χ1n) is 7.65. The average Bonchev–Trinajstić information content (AvgIpc) is 3.04. The van der Waals surface area contributed by atoms with Gasteiger partial charge in [0.25, 0.3) is 0 Å². The van der Waals surface area contributed by atoms with Gasteiger partial charge in [0.2, 0.25) is 0 Å². The zero-order chi connectivity index (χ0) is 18.9. The molecule has 134 valence electrons. The molecule has 1 aromatic heterocycles. The van der Waals surface area contributed by atoms with Crippen molar-refractivity contribution in [1.82, 2.24) is 4.57 Å². The van der Waals surface area contributed by atoms with Crippen molar-refractivity contribution in [2.75, 3.05) is 0 Å². The van der Waals surface area contributed by atoms with Gasteiger partial charge in [0.05, 0.1) is 11.1 Å². The molecule has 0 saturated carbocycles. The molecule has 4 nitrogen and oxygen atoms in total. The van der Waals surface area contributed by atoms with Crippen LogP contribution in [0.4, 0.5) is 13.2 Å². The summed E-state index contributed by atoms with van der Waals surface area (Å²) in [6.45, 7) is 0. The fourth-order valence-corrected chi connectivity index (χ4v) is 2.70. The number of hydrogen-bond donors (Lipinski definition) is 2. The van der Waals surface area contributed by atoms with E-state index >= 15 is 0 Å². The summed E-state index contributed by atoms with van der Waals surface area (Å²) in [4.78, 5) is 11.1. The molecule has 26 heavy (non-hydrogen) atoms. The van der Waals surface area contributed by atoms with E-state index < -0.39 is 17.7 Å². The van der Waals surface area contributed by atoms with Gasteiger partial charge >= 0.3 is 12.1 Å². The van der Waals surface area contributed by atoms with Gasteiger partial charge < -0.3 is 14.8 Å². The van der Waals surface area contributed by atoms with Crippen LogP contribution in [0.5, 0.6) is 5.75 Å². The van der Waals surface area contributed by atoms with E-state index in [9.17, 15) is 23.1 Å². The van der Waals surface area contributed by atoms with Crippen molar-refractivity contribution in [1.29, 1.82) is 0 Å². The molecular weight excluding hydrogens is 347 g/mol. The summed E-state index contributed by atoms with van der Waals surface area (Å²) in [5.74, 6) is -1.30. The van der Waals surface area contributed by atoms with Crippen LogP contribution in [0.3, 0.4) is 0 Å². The third-order valence-corrected chi connectivity index (χ3v) is 3.98. The number of hydrogen-bond acceptors (Lipinski definition) is 2. The van der Waals surface area contributed by atoms with Crippen molar-refractivity contribution < 1.29 is 28.2 Å². The molecule has 0 fully saturated rings. The Bertz CT molecular complexity index is 961. The molecule has 0 unspecified atom stereocenters. The average molecular weight is 361 g/mol. The molecule has 0 spiro atoms. The fourth-order valence-electron chi connectivity index (χ4n) is 2.70. The fraction of sp³-hybridized carbons (Fsp3) is 0.105. The molecule has 0 atom stereocenters. The van der Waals surface area contributed by atoms with E-state index in [4.69, 9.17) is 5.11 Å². The molecule has 0 bridgehead atoms. The summed E-state index contributed by atoms with van der Waals surface area (Å²) < 4.78 is 40.4. The lowest BCUT2D eigenvalue weighted by Gasteiger charge is -2.13. The van der Waals surface area contributed by atoms with Gasteiger partial charge in [-0.15, -0.1) is 0 Å². The zero-order valence-corrected chi connectivity index (χ0v) is 13.4. The van der Waals surface area contributed by atoms with Crippen LogP contribution in [0.1, 0.15) is 27.2 Å². The lowest BCUT2D eigenvalue weighted by atomic mass is 10.0. The Labute approximate surface area is 146 Å². The molecule has 0 aliphatic rings. The Morgan fingerprint density at radius 2 is 1.81 bits per heavy atom. The summed E-state index contributed by atoms with van der Waals surface area (Å²) in [6.07, 6.45) is -2.76. The molecule has 2 aromatic carbocycles. The normalized spacial score (nSPS) is 11.5. The number of benzene rings is 2. The number of aromatic hydroxyl groups is 1. The number of phenols is 1. The Balaban J connectivity index is 1.98. The molecule has 3 rings (SSSR count). The number of halogens is 3. The first kappa shape index (κ1) is 17.6. The van der Waals surface area contributed by atoms with Crippen LogP contribution >= 0.6 is 0 Å². The van der Waals surface area contributed by atoms with Crippen molar-refractivity contribution in [3.8, 4) is 11.4 Å². The Kier molecular flexibility index (Phi) is 4.46. The van der Waals surface area contributed by atoms with Crippen molar-refractivity contribution in [3.63, 3.8) is 0 Å². The number of nitrogens with zero attached hydrogens (tertiary/aromatic N) is 1. The van der Waals surface area contributed by atoms with Gasteiger partial charge in [-0.1, -0.05) is 6.07 Å². The zero-order valence-electron chi connectivity index (χ0n) is 13.4. The van der Waals surface area contributed by atoms with E-state index in [1.165, 1.54) is 12.1 Å². The van der Waals surface area contributed by atoms with Crippen LogP contribution in [0.25, 0.3) is 5.69 Å². The first-order chi connectivity index (χ1) is 12.3. The largest absolute Gasteiger partial charge is 0.508 e. The van der Waals surface area contributed by atoms with Crippen molar-refractivity contribution >= 4 is 5.97 Å². The van der Waals surface area contributed by atoms with Crippen molar-refractivity contribution in [2.24, 2.45) is 0 Å². The van der Waals surface area contributed by atoms with E-state index in [1.54, 1.807) is 35.0 Å². The standard InChI is InChI=1S/C19H14F3NO3/c20-19(21,22)14-6-7-17(24)13(9-14)11-16-5-2-8-23(16)15-4-1-3-12(10-15)18(25)26/h1-10,24H,11H2,(H,25,26). The molecule has 0 aliphatic heterocycles. The highest BCUT2D eigenvalue weighted by Gasteiger charge is 2.31. The molecule has 0 aliphatic carbocycles. The summed E-state index contributed by atoms with van der Waals surface area (Å²) in [7, 11) is 0. The van der Waals surface area contributed by atoms with Crippen LogP contribution in [-0.2, 0) is 12.6 Å². The Morgan fingerprint density at radius 3 is 2.50 bits per heavy atom. The minimum absolute atomic E-state index is 0.0556. The first-order valence-corrected chi connectivity index (χ1v) is 7.65. The number of aromatic carboxylic acids is 1. The minimum Gasteiger partial charge on any atom is -0.508 e. The third-order valence-electron chi connectivity index (χ3n) is 3.98. The monoisotopic (exact) mass is 361 g/mol. The molecular formula is C19H14F3NO3. The second kappa shape index (κ2) is 6.59. The SMILES string of the molecule is O=C(O)c1cccc(-n2cccc2Cc2cc(C(F)(F)F)ccc2O)c1. The number of phenolic OH excluding ortho intramolecular Hbond substituents is 1. The third kappa shape index (κ3) is 3.56. The maximum atomic E-state index is 12.9. The maximum Gasteiger partial charge on any atom is 0.416 e. The smallest absolute Gasteiger partial charge is 0.416 e. The van der Waals surface area contributed by atoms with Crippen LogP contribution in [0, 0.1) is 0 Å². The molecule has 3 aromatic rings. The number of carboxylic acids is 1. The van der Waals surface area contributed by atoms with Crippen molar-refractivity contribution in [2.45, 2.75) is 12.6 Å². The minimum atomic E-state index is -4.50. The van der Waals surface area contributed by atoms with E-state index in [0.717, 1.165) is 18.2 Å². The predicted molar refractivity (Wildman–Crippen MR) is 88.6 cm³/mol. The van der Waals surface area contributed by atoms with Gasteiger partial charge in [0.1, 0.15) is 5.75 Å². The maximum absolute atomic E-state index is 12.9. The lowest BCUT2D eigenvalue weighted by molar-refractivity contribution is -0.137. The van der Waals surface area contributed by atoms with E-state index in [1.807, 2.05) is 0 Å². The molecule has 0 amide bonds. The number of aromatic nitrogens is 1. The highest BCUT2D eigenvalue weighted by molar-refractivity contribution is 5.88. The topological polar surface area (TPSA) is 62.5 Å². The lowest BCUT2D eigenvalue weighted by Crippen LogP contribution is -2.07. The van der Waals surface area contributed by atoms with Gasteiger partial charge in [-0.25, -0.2) is 4.79 Å². The van der Waals surface area contributed by atoms with Crippen molar-refractivity contribution in [3.05, 3.63) is 83.2 Å². The summed E-state index contributed by atoms with van der Waals surface area (Å²) >= 11 is 0. The highest BCUT2D eigenvalue weighted by atomic mass is 19.4. The van der Waals surface area contributed by atoms with E-state index in [2.05, 4.69) is 0 Å². The van der Waals surface area contributed by atoms with Gasteiger partial charge in [-0.2, -0.15) is 13.2 Å². The molecule has 2 N–H and O–H groups in total. The highest BCUT2D eigenvalue weighted by Crippen LogP contribution is 2.33. The van der Waals surface area contributed by atoms with E-state index in [-0.39, 0.29) is 23.3 Å². The van der Waals surface area contributed by atoms with Gasteiger partial charge in [0, 0.05) is 29.6 Å². The predicted octanol–water partition coefficient (Wildman–Crippen LogP) is 4.49. The van der Waals surface area contributed by atoms with E-state index in [0.29, 0.717) is 11.4 Å². The molecule has 7 heteroatoms. The van der Waals surface area contributed by atoms with Crippen LogP contribution in [0.15, 0.2) is 60.8 Å². The van der Waals surface area contributed by atoms with Gasteiger partial charge in [-0.05, 0) is 48.5 Å². The van der Waals surface area contributed by atoms with Crippen LogP contribution in [-0.4, -0.2) is 20.7 Å². The molecule has 0 saturated heterocycles. The molecule has 0 radical (unpaired) electrons. The molecule has 1 heterocycles. The number of alkyl halides is 3. The van der Waals surface area contributed by atoms with Gasteiger partial charge in [0.15, 0.2) is 0 Å². The van der Waals surface area contributed by atoms with Crippen LogP contribution in [0.2, 0.25) is 0 Å². The Hall–Kier alpha value is -3.22. The number of carboxylic acid groups (broad SMARTS) is 1. The number of rotatable bonds is 4.